The number of fused-ring (bicyclic) bond motifs is 2. The van der Waals surface area contributed by atoms with E-state index in [9.17, 15) is 0 Å². The second kappa shape index (κ2) is 12.4. The van der Waals surface area contributed by atoms with Gasteiger partial charge < -0.3 is 11.1 Å². The van der Waals surface area contributed by atoms with E-state index in [2.05, 4.69) is 125 Å². The fourth-order valence-electron chi connectivity index (χ4n) is 3.98. The average Bonchev–Trinajstić information content (AvgIpc) is 3.38. The summed E-state index contributed by atoms with van der Waals surface area (Å²) in [5.74, 6) is 0. The molecule has 0 fully saturated rings. The molecule has 2 aromatic heterocycles. The summed E-state index contributed by atoms with van der Waals surface area (Å²) in [7, 11) is 0. The third-order valence-corrected chi connectivity index (χ3v) is 7.59. The van der Waals surface area contributed by atoms with Crippen molar-refractivity contribution in [2.75, 3.05) is 5.32 Å². The fraction of sp³-hybridized carbons (Fsp3) is 0.375. The predicted octanol–water partition coefficient (Wildman–Crippen LogP) is 9.17. The molecular weight excluding hydrogens is 505 g/mol. The van der Waals surface area contributed by atoms with Crippen molar-refractivity contribution < 1.29 is 0 Å². The molecule has 0 saturated heterocycles. The van der Waals surface area contributed by atoms with Crippen LogP contribution in [-0.4, -0.2) is 15.5 Å². The molecule has 0 atom stereocenters. The van der Waals surface area contributed by atoms with E-state index in [0.717, 1.165) is 21.2 Å². The predicted molar refractivity (Wildman–Crippen MR) is 170 cm³/mol. The Bertz CT molecular complexity index is 1480. The summed E-state index contributed by atoms with van der Waals surface area (Å²) in [4.78, 5) is 8.92. The van der Waals surface area contributed by atoms with Gasteiger partial charge in [0, 0.05) is 12.1 Å². The van der Waals surface area contributed by atoms with Crippen molar-refractivity contribution in [2.24, 2.45) is 5.73 Å². The lowest BCUT2D eigenvalue weighted by molar-refractivity contribution is 0.582. The third-order valence-electron chi connectivity index (χ3n) is 5.72. The van der Waals surface area contributed by atoms with Crippen molar-refractivity contribution in [1.29, 1.82) is 0 Å². The number of nitrogens with two attached hydrogens (primary N) is 1. The van der Waals surface area contributed by atoms with E-state index in [1.165, 1.54) is 31.7 Å². The quantitative estimate of drug-likeness (QED) is 0.232. The molecule has 4 nitrogen and oxygen atoms in total. The molecule has 2 heterocycles. The first-order chi connectivity index (χ1) is 17.7. The van der Waals surface area contributed by atoms with Gasteiger partial charge in [-0.25, -0.2) is 9.97 Å². The van der Waals surface area contributed by atoms with Crippen molar-refractivity contribution in [3.05, 3.63) is 87.9 Å². The number of anilines is 1. The molecule has 6 heteroatoms. The van der Waals surface area contributed by atoms with Crippen LogP contribution in [0.3, 0.4) is 0 Å². The van der Waals surface area contributed by atoms with Crippen molar-refractivity contribution in [3.8, 4) is 0 Å². The van der Waals surface area contributed by atoms with Crippen LogP contribution in [0.2, 0.25) is 0 Å². The number of hydrogen-bond donors (Lipinski definition) is 2. The molecule has 0 aliphatic carbocycles. The molecule has 0 spiro atoms. The molecule has 202 valence electrons. The molecule has 0 unspecified atom stereocenters. The Balaban J connectivity index is 0.000000160. The summed E-state index contributed by atoms with van der Waals surface area (Å²) in [6.45, 7) is 19.9. The van der Waals surface area contributed by atoms with E-state index in [4.69, 9.17) is 5.73 Å². The van der Waals surface area contributed by atoms with Crippen LogP contribution in [-0.2, 0) is 12.0 Å². The summed E-state index contributed by atoms with van der Waals surface area (Å²) in [5, 5.41) is 5.54. The van der Waals surface area contributed by atoms with Gasteiger partial charge in [0.25, 0.3) is 0 Å². The van der Waals surface area contributed by atoms with Crippen molar-refractivity contribution >= 4 is 48.2 Å². The average molecular weight is 547 g/mol. The summed E-state index contributed by atoms with van der Waals surface area (Å²) >= 11 is 3.47. The van der Waals surface area contributed by atoms with E-state index < -0.39 is 0 Å². The zero-order chi connectivity index (χ0) is 28.1. The Hall–Kier alpha value is -2.80. The van der Waals surface area contributed by atoms with Gasteiger partial charge in [-0.2, -0.15) is 0 Å². The normalized spacial score (nSPS) is 11.5. The van der Waals surface area contributed by atoms with Gasteiger partial charge in [-0.3, -0.25) is 0 Å². The first-order valence-corrected chi connectivity index (χ1v) is 14.7. The molecule has 5 aromatic rings. The number of aryl methyl sites for hydroxylation is 3. The third kappa shape index (κ3) is 8.62. The van der Waals surface area contributed by atoms with Crippen molar-refractivity contribution in [1.82, 2.24) is 9.97 Å². The molecular formula is C32H42N4S2. The molecule has 0 aliphatic heterocycles. The van der Waals surface area contributed by atoms with Crippen LogP contribution in [0.1, 0.15) is 68.8 Å². The van der Waals surface area contributed by atoms with Crippen LogP contribution in [0.15, 0.2) is 60.7 Å². The van der Waals surface area contributed by atoms with Crippen LogP contribution in [0, 0.1) is 20.8 Å². The zero-order valence-corrected chi connectivity index (χ0v) is 25.9. The van der Waals surface area contributed by atoms with Crippen LogP contribution in [0.25, 0.3) is 20.4 Å². The molecule has 0 saturated carbocycles. The Morgan fingerprint density at radius 3 is 1.82 bits per heavy atom. The van der Waals surface area contributed by atoms with Gasteiger partial charge in [-0.15, -0.1) is 11.3 Å². The van der Waals surface area contributed by atoms with Crippen LogP contribution in [0.4, 0.5) is 5.13 Å². The highest BCUT2D eigenvalue weighted by Crippen LogP contribution is 2.28. The molecule has 5 rings (SSSR count). The van der Waals surface area contributed by atoms with E-state index in [1.807, 2.05) is 13.0 Å². The van der Waals surface area contributed by atoms with Gasteiger partial charge in [0.2, 0.25) is 0 Å². The lowest BCUT2D eigenvalue weighted by atomic mass is 9.84. The standard InChI is InChI=1S/C12H16N2S.C11H17N.C9H9NS/c1-8-5-6-9-10(7-8)15-11(13-9)14-12(2,3)4;1-11(2,3)10-7-5-4-6-9(10)8-12;1-6-3-4-8-9(5-6)11-7(2)10-8/h5-7H,1-4H3,(H,13,14);4-7H,8,12H2,1-3H3;3-5H,1-2H3. The molecule has 3 N–H and O–H groups in total. The molecule has 3 aromatic carbocycles. The fourth-order valence-corrected chi connectivity index (χ4v) is 6.08. The molecule has 0 amide bonds. The number of nitrogens with zero attached hydrogens (tertiary/aromatic N) is 2. The molecule has 38 heavy (non-hydrogen) atoms. The summed E-state index contributed by atoms with van der Waals surface area (Å²) in [6.07, 6.45) is 0. The maximum absolute atomic E-state index is 5.65. The molecule has 0 aliphatic rings. The maximum atomic E-state index is 5.65. The van der Waals surface area contributed by atoms with Gasteiger partial charge in [-0.1, -0.05) is 68.5 Å². The van der Waals surface area contributed by atoms with Gasteiger partial charge >= 0.3 is 0 Å². The van der Waals surface area contributed by atoms with Crippen molar-refractivity contribution in [3.63, 3.8) is 0 Å². The number of rotatable bonds is 2. The highest BCUT2D eigenvalue weighted by molar-refractivity contribution is 7.22. The maximum Gasteiger partial charge on any atom is 0.184 e. The second-order valence-corrected chi connectivity index (χ2v) is 13.9. The minimum atomic E-state index is 0.0723. The monoisotopic (exact) mass is 546 g/mol. The minimum Gasteiger partial charge on any atom is -0.357 e. The zero-order valence-electron chi connectivity index (χ0n) is 24.3. The lowest BCUT2D eigenvalue weighted by Gasteiger charge is -2.22. The first kappa shape index (κ1) is 29.8. The largest absolute Gasteiger partial charge is 0.357 e. The smallest absolute Gasteiger partial charge is 0.184 e. The van der Waals surface area contributed by atoms with E-state index in [1.54, 1.807) is 22.7 Å². The molecule has 0 bridgehead atoms. The second-order valence-electron chi connectivity index (χ2n) is 11.7. The Morgan fingerprint density at radius 2 is 1.29 bits per heavy atom. The Morgan fingerprint density at radius 1 is 0.737 bits per heavy atom. The van der Waals surface area contributed by atoms with E-state index in [-0.39, 0.29) is 11.0 Å². The topological polar surface area (TPSA) is 63.8 Å². The van der Waals surface area contributed by atoms with Crippen LogP contribution >= 0.6 is 22.7 Å². The first-order valence-electron chi connectivity index (χ1n) is 13.0. The number of nitrogens with one attached hydrogen (secondary N) is 1. The minimum absolute atomic E-state index is 0.0723. The Labute approximate surface area is 236 Å². The van der Waals surface area contributed by atoms with Gasteiger partial charge in [0.15, 0.2) is 5.13 Å². The van der Waals surface area contributed by atoms with Crippen LogP contribution < -0.4 is 11.1 Å². The summed E-state index contributed by atoms with van der Waals surface area (Å²) in [6, 6.07) is 21.1. The van der Waals surface area contributed by atoms with E-state index >= 15 is 0 Å². The lowest BCUT2D eigenvalue weighted by Crippen LogP contribution is -2.25. The van der Waals surface area contributed by atoms with Gasteiger partial charge in [0.05, 0.1) is 25.4 Å². The summed E-state index contributed by atoms with van der Waals surface area (Å²) in [5.41, 5.74) is 13.3. The highest BCUT2D eigenvalue weighted by Gasteiger charge is 2.16. The number of hydrogen-bond acceptors (Lipinski definition) is 6. The van der Waals surface area contributed by atoms with E-state index in [0.29, 0.717) is 6.54 Å². The van der Waals surface area contributed by atoms with Crippen molar-refractivity contribution in [2.45, 2.75) is 79.8 Å². The number of benzene rings is 3. The van der Waals surface area contributed by atoms with Crippen LogP contribution in [0.5, 0.6) is 0 Å². The highest BCUT2D eigenvalue weighted by atomic mass is 32.1. The number of thiazole rings is 2. The Kier molecular flexibility index (Phi) is 9.69. The SMILES string of the molecule is CC(C)(C)c1ccccc1CN.Cc1ccc2nc(C)sc2c1.Cc1ccc2nc(NC(C)(C)C)sc2c1. The van der Waals surface area contributed by atoms with Gasteiger partial charge in [-0.05, 0) is 93.5 Å². The summed E-state index contributed by atoms with van der Waals surface area (Å²) < 4.78 is 2.55. The number of aromatic nitrogens is 2. The molecule has 0 radical (unpaired) electrons. The van der Waals surface area contributed by atoms with Gasteiger partial charge in [0.1, 0.15) is 0 Å².